The maximum Gasteiger partial charge on any atom is 1.00 e. The molecule has 1 saturated heterocycles. The van der Waals surface area contributed by atoms with E-state index in [0.29, 0.717) is 7.11 Å². The van der Waals surface area contributed by atoms with Crippen LogP contribution in [0.25, 0.3) is 11.2 Å². The summed E-state index contributed by atoms with van der Waals surface area (Å²) in [7, 11) is -16.1. The van der Waals surface area contributed by atoms with Crippen LogP contribution in [0.4, 0.5) is 5.82 Å². The average molecular weight is 535 g/mol. The summed E-state index contributed by atoms with van der Waals surface area (Å²) in [6.07, 6.45) is -1.87. The molecule has 168 valence electrons. The quantitative estimate of drug-likeness (QED) is 0.210. The Bertz CT molecular complexity index is 1080. The fraction of sp³-hybridized carbons (Fsp3) is 0.500. The smallest absolute Gasteiger partial charge is 0.756 e. The monoisotopic (exact) mass is 535 g/mol. The molecule has 0 amide bonds. The van der Waals surface area contributed by atoms with Crippen molar-refractivity contribution in [1.29, 1.82) is 0 Å². The van der Waals surface area contributed by atoms with Crippen LogP contribution in [0.15, 0.2) is 12.7 Å². The number of phosphoric ester groups is 1. The number of imidazole rings is 1. The number of ether oxygens (including phenoxy) is 1. The van der Waals surface area contributed by atoms with E-state index in [1.807, 2.05) is 0 Å². The Balaban J connectivity index is 0.00000256. The third-order valence-corrected chi connectivity index (χ3v) is 7.74. The second kappa shape index (κ2) is 11.6. The van der Waals surface area contributed by atoms with Gasteiger partial charge in [-0.15, -0.1) is 0 Å². The summed E-state index contributed by atoms with van der Waals surface area (Å²) < 4.78 is 57.6. The van der Waals surface area contributed by atoms with Gasteiger partial charge in [-0.1, -0.05) is 0 Å². The van der Waals surface area contributed by atoms with Crippen molar-refractivity contribution in [2.75, 3.05) is 12.8 Å². The summed E-state index contributed by atoms with van der Waals surface area (Å²) in [5.74, 6) is 0.0909. The number of phosphoric acid groups is 3. The van der Waals surface area contributed by atoms with Crippen molar-refractivity contribution in [2.45, 2.75) is 25.0 Å². The van der Waals surface area contributed by atoms with Crippen molar-refractivity contribution >= 4 is 40.4 Å². The van der Waals surface area contributed by atoms with Crippen LogP contribution in [0.1, 0.15) is 12.6 Å². The van der Waals surface area contributed by atoms with Crippen molar-refractivity contribution in [1.82, 2.24) is 19.5 Å². The van der Waals surface area contributed by atoms with Gasteiger partial charge in [0.25, 0.3) is 15.6 Å². The van der Waals surface area contributed by atoms with Gasteiger partial charge in [0.2, 0.25) is 0 Å². The Morgan fingerprint density at radius 2 is 1.88 bits per heavy atom. The van der Waals surface area contributed by atoms with Crippen LogP contribution < -0.4 is 74.6 Å². The number of nitrogens with two attached hydrogens (primary N) is 1. The zero-order valence-corrected chi connectivity index (χ0v) is 23.5. The summed E-state index contributed by atoms with van der Waals surface area (Å²) >= 11 is 0. The summed E-state index contributed by atoms with van der Waals surface area (Å²) in [4.78, 5) is 42.3. The number of aromatic nitrogens is 4. The molecule has 0 spiro atoms. The molecule has 0 aliphatic carbocycles. The van der Waals surface area contributed by atoms with Crippen LogP contribution in [-0.2, 0) is 36.1 Å². The van der Waals surface area contributed by atoms with E-state index in [1.54, 1.807) is 0 Å². The molecular formula is C10H14N5Na2O12P3. The van der Waals surface area contributed by atoms with Crippen molar-refractivity contribution in [3.8, 4) is 0 Å². The van der Waals surface area contributed by atoms with Crippen molar-refractivity contribution < 1.29 is 115 Å². The second-order valence-electron chi connectivity index (χ2n) is 5.66. The predicted octanol–water partition coefficient (Wildman–Crippen LogP) is -7.24. The largest absolute Gasteiger partial charge is 1.00 e. The fourth-order valence-electron chi connectivity index (χ4n) is 2.46. The van der Waals surface area contributed by atoms with Gasteiger partial charge < -0.3 is 30.3 Å². The molecule has 6 unspecified atom stereocenters. The number of anilines is 1. The van der Waals surface area contributed by atoms with Gasteiger partial charge in [-0.3, -0.25) is 22.7 Å². The number of nitrogens with zero attached hydrogens (tertiary/aromatic N) is 4. The Kier molecular flexibility index (Phi) is 11.1. The van der Waals surface area contributed by atoms with Crippen LogP contribution in [-0.4, -0.2) is 49.0 Å². The summed E-state index contributed by atoms with van der Waals surface area (Å²) in [6, 6.07) is 0. The molecule has 17 nitrogen and oxygen atoms in total. The third-order valence-electron chi connectivity index (χ3n) is 3.61. The van der Waals surface area contributed by atoms with Crippen molar-refractivity contribution in [2.24, 2.45) is 0 Å². The molecule has 2 aromatic heterocycles. The minimum Gasteiger partial charge on any atom is -0.756 e. The van der Waals surface area contributed by atoms with E-state index in [2.05, 4.69) is 28.1 Å². The first-order valence-corrected chi connectivity index (χ1v) is 12.1. The molecule has 32 heavy (non-hydrogen) atoms. The number of fused-ring (bicyclic) bond motifs is 1. The zero-order chi connectivity index (χ0) is 22.3. The molecule has 22 heteroatoms. The Labute approximate surface area is 224 Å². The van der Waals surface area contributed by atoms with Crippen LogP contribution in [0.2, 0.25) is 0 Å². The van der Waals surface area contributed by atoms with Crippen LogP contribution in [0.3, 0.4) is 0 Å². The third kappa shape index (κ3) is 7.59. The number of aliphatic hydroxyl groups excluding tert-OH is 1. The van der Waals surface area contributed by atoms with Gasteiger partial charge >= 0.3 is 66.9 Å². The van der Waals surface area contributed by atoms with Gasteiger partial charge in [0.05, 0.1) is 6.33 Å². The molecule has 3 heterocycles. The minimum atomic E-state index is -5.90. The number of nitrogen functional groups attached to an aromatic ring is 1. The topological polar surface area (TPSA) is 254 Å². The molecule has 3 rings (SSSR count). The fourth-order valence-corrected chi connectivity index (χ4v) is 5.79. The molecule has 2 aromatic rings. The maximum atomic E-state index is 12.4. The van der Waals surface area contributed by atoms with Gasteiger partial charge in [0.1, 0.15) is 24.2 Å². The minimum absolute atomic E-state index is 0. The first kappa shape index (κ1) is 30.7. The molecule has 4 N–H and O–H groups in total. The Hall–Kier alpha value is 0.680. The van der Waals surface area contributed by atoms with E-state index in [-0.39, 0.29) is 82.5 Å². The molecule has 1 aliphatic heterocycles. The van der Waals surface area contributed by atoms with Gasteiger partial charge in [-0.25, -0.2) is 28.1 Å². The second-order valence-corrected chi connectivity index (χ2v) is 10.3. The molecule has 1 fully saturated rings. The summed E-state index contributed by atoms with van der Waals surface area (Å²) in [5.41, 5.74) is 6.19. The predicted molar refractivity (Wildman–Crippen MR) is 89.6 cm³/mol. The molecule has 0 aromatic carbocycles. The van der Waals surface area contributed by atoms with E-state index in [1.165, 1.54) is 17.2 Å². The van der Waals surface area contributed by atoms with Gasteiger partial charge in [0, 0.05) is 13.5 Å². The van der Waals surface area contributed by atoms with E-state index in [4.69, 9.17) is 19.9 Å². The Morgan fingerprint density at radius 3 is 2.47 bits per heavy atom. The van der Waals surface area contributed by atoms with Gasteiger partial charge in [-0.2, -0.15) is 0 Å². The van der Waals surface area contributed by atoms with E-state index >= 15 is 0 Å². The molecule has 6 atom stereocenters. The van der Waals surface area contributed by atoms with Crippen molar-refractivity contribution in [3.63, 3.8) is 0 Å². The number of aliphatic hydroxyl groups is 1. The Morgan fingerprint density at radius 1 is 1.22 bits per heavy atom. The molecule has 0 radical (unpaired) electrons. The van der Waals surface area contributed by atoms with Gasteiger partial charge in [-0.05, 0) is 0 Å². The molecular weight excluding hydrogens is 521 g/mol. The SMILES string of the molecule is COP(=O)(OC1OC(n2cnc3c(N)ncnc32)CC1O)OP(=O)([O-])OP(=O)([O-])O.[Na+].[Na+]. The molecule has 0 saturated carbocycles. The standard InChI is InChI=1S/C10H16N5O12P3.2Na/c1-23-30(22,27-29(20,21)26-28(17,18)19)25-10-5(16)2-6(24-10)15-4-14-7-8(11)12-3-13-9(7)15;;/h3-6,10,16H,2H2,1H3,(H,20,21)(H2,11,12,13)(H2,17,18,19);;/q;2*+1/p-2. The number of hydrogen-bond donors (Lipinski definition) is 3. The number of hydrogen-bond acceptors (Lipinski definition) is 15. The normalized spacial score (nSPS) is 26.3. The first-order chi connectivity index (χ1) is 13.8. The van der Waals surface area contributed by atoms with Crippen LogP contribution in [0, 0.1) is 0 Å². The van der Waals surface area contributed by atoms with Crippen LogP contribution in [0.5, 0.6) is 0 Å². The van der Waals surface area contributed by atoms with Gasteiger partial charge in [0.15, 0.2) is 17.8 Å². The van der Waals surface area contributed by atoms with Crippen LogP contribution >= 0.6 is 23.5 Å². The van der Waals surface area contributed by atoms with E-state index in [0.717, 1.165) is 0 Å². The molecule has 1 aliphatic rings. The zero-order valence-electron chi connectivity index (χ0n) is 16.8. The maximum absolute atomic E-state index is 12.4. The average Bonchev–Trinajstić information content (AvgIpc) is 3.17. The van der Waals surface area contributed by atoms with E-state index < -0.39 is 42.1 Å². The summed E-state index contributed by atoms with van der Waals surface area (Å²) in [6.45, 7) is 0. The molecule has 0 bridgehead atoms. The first-order valence-electron chi connectivity index (χ1n) is 7.71. The van der Waals surface area contributed by atoms with Crippen molar-refractivity contribution in [3.05, 3.63) is 12.7 Å². The summed E-state index contributed by atoms with van der Waals surface area (Å²) in [5, 5.41) is 10.1. The van der Waals surface area contributed by atoms with E-state index in [9.17, 15) is 28.6 Å². The number of rotatable bonds is 8.